The van der Waals surface area contributed by atoms with E-state index in [1.165, 1.54) is 6.07 Å². The maximum Gasteiger partial charge on any atom is 0.275 e. The number of nitrogens with two attached hydrogens (primary N) is 1. The van der Waals surface area contributed by atoms with Gasteiger partial charge >= 0.3 is 0 Å². The number of rotatable bonds is 3. The Bertz CT molecular complexity index is 352. The fourth-order valence-corrected chi connectivity index (χ4v) is 1.38. The Labute approximate surface area is 81.3 Å². The molecule has 76 valence electrons. The van der Waals surface area contributed by atoms with E-state index < -0.39 is 11.0 Å². The molecule has 0 bridgehead atoms. The zero-order chi connectivity index (χ0) is 10.7. The molecule has 5 heteroatoms. The summed E-state index contributed by atoms with van der Waals surface area (Å²) < 4.78 is 0. The van der Waals surface area contributed by atoms with Gasteiger partial charge in [-0.25, -0.2) is 0 Å². The fraction of sp³-hybridized carbons (Fsp3) is 0.333. The van der Waals surface area contributed by atoms with Gasteiger partial charge in [0.25, 0.3) is 5.69 Å². The van der Waals surface area contributed by atoms with E-state index >= 15 is 0 Å². The second kappa shape index (κ2) is 4.17. The van der Waals surface area contributed by atoms with Crippen molar-refractivity contribution in [1.82, 2.24) is 0 Å². The van der Waals surface area contributed by atoms with Crippen LogP contribution in [0.25, 0.3) is 0 Å². The third-order valence-electron chi connectivity index (χ3n) is 2.05. The molecule has 0 saturated heterocycles. The molecule has 14 heavy (non-hydrogen) atoms. The smallest absolute Gasteiger partial charge is 0.275 e. The number of hydrogen-bond donors (Lipinski definition) is 2. The minimum atomic E-state index is -0.975. The zero-order valence-electron chi connectivity index (χ0n) is 7.80. The molecule has 0 aromatic heterocycles. The molecule has 3 N–H and O–H groups in total. The van der Waals surface area contributed by atoms with Gasteiger partial charge in [-0.15, -0.1) is 0 Å². The van der Waals surface area contributed by atoms with Crippen LogP contribution in [0.3, 0.4) is 0 Å². The standard InChI is InChI=1S/C9H12N2O3/c1-6-3-2-4-7(11(13)14)9(6)8(12)5-10/h2-4,8,12H,5,10H2,1H3/t8-/m1/s1. The number of nitro benzene ring substituents is 1. The average Bonchev–Trinajstić information content (AvgIpc) is 2.16. The van der Waals surface area contributed by atoms with Gasteiger partial charge in [-0.2, -0.15) is 0 Å². The van der Waals surface area contributed by atoms with E-state index in [0.717, 1.165) is 0 Å². The van der Waals surface area contributed by atoms with Crippen LogP contribution >= 0.6 is 0 Å². The Morgan fingerprint density at radius 1 is 1.64 bits per heavy atom. The van der Waals surface area contributed by atoms with Crippen LogP contribution in [0.4, 0.5) is 5.69 Å². The minimum absolute atomic E-state index is 0.0221. The summed E-state index contributed by atoms with van der Waals surface area (Å²) in [4.78, 5) is 10.1. The van der Waals surface area contributed by atoms with Crippen LogP contribution in [0.1, 0.15) is 17.2 Å². The number of benzene rings is 1. The topological polar surface area (TPSA) is 89.4 Å². The van der Waals surface area contributed by atoms with Gasteiger partial charge in [-0.05, 0) is 12.5 Å². The van der Waals surface area contributed by atoms with E-state index in [0.29, 0.717) is 11.1 Å². The first-order chi connectivity index (χ1) is 6.57. The zero-order valence-corrected chi connectivity index (χ0v) is 7.80. The van der Waals surface area contributed by atoms with Gasteiger partial charge in [0.1, 0.15) is 0 Å². The number of aliphatic hydroxyl groups excluding tert-OH is 1. The van der Waals surface area contributed by atoms with Crippen LogP contribution in [0.2, 0.25) is 0 Å². The quantitative estimate of drug-likeness (QED) is 0.555. The fourth-order valence-electron chi connectivity index (χ4n) is 1.38. The monoisotopic (exact) mass is 196 g/mol. The van der Waals surface area contributed by atoms with Crippen LogP contribution in [-0.2, 0) is 0 Å². The summed E-state index contributed by atoms with van der Waals surface area (Å²) in [6, 6.07) is 4.66. The third kappa shape index (κ3) is 1.89. The number of nitro groups is 1. The summed E-state index contributed by atoms with van der Waals surface area (Å²) in [5.41, 5.74) is 6.17. The maximum absolute atomic E-state index is 10.6. The molecule has 0 unspecified atom stereocenters. The number of aryl methyl sites for hydroxylation is 1. The molecule has 0 radical (unpaired) electrons. The highest BCUT2D eigenvalue weighted by Gasteiger charge is 2.20. The van der Waals surface area contributed by atoms with Crippen molar-refractivity contribution < 1.29 is 10.0 Å². The van der Waals surface area contributed by atoms with Crippen molar-refractivity contribution in [1.29, 1.82) is 0 Å². The summed E-state index contributed by atoms with van der Waals surface area (Å²) in [5, 5.41) is 20.2. The van der Waals surface area contributed by atoms with Gasteiger partial charge in [-0.3, -0.25) is 10.1 Å². The molecule has 0 aliphatic rings. The molecule has 0 spiro atoms. The predicted octanol–water partition coefficient (Wildman–Crippen LogP) is 0.895. The Morgan fingerprint density at radius 2 is 2.29 bits per heavy atom. The van der Waals surface area contributed by atoms with E-state index in [1.807, 2.05) is 0 Å². The first-order valence-electron chi connectivity index (χ1n) is 4.20. The summed E-state index contributed by atoms with van der Waals surface area (Å²) in [5.74, 6) is 0. The van der Waals surface area contributed by atoms with Gasteiger partial charge in [0.05, 0.1) is 16.6 Å². The minimum Gasteiger partial charge on any atom is -0.387 e. The van der Waals surface area contributed by atoms with Gasteiger partial charge < -0.3 is 10.8 Å². The normalized spacial score (nSPS) is 12.5. The molecule has 1 rings (SSSR count). The third-order valence-corrected chi connectivity index (χ3v) is 2.05. The van der Waals surface area contributed by atoms with E-state index in [-0.39, 0.29) is 12.2 Å². The molecular formula is C9H12N2O3. The molecule has 1 aromatic rings. The van der Waals surface area contributed by atoms with Crippen molar-refractivity contribution >= 4 is 5.69 Å². The van der Waals surface area contributed by atoms with Gasteiger partial charge in [0.15, 0.2) is 0 Å². The molecule has 0 amide bonds. The van der Waals surface area contributed by atoms with E-state index in [2.05, 4.69) is 0 Å². The lowest BCUT2D eigenvalue weighted by atomic mass is 10.0. The van der Waals surface area contributed by atoms with E-state index in [9.17, 15) is 15.2 Å². The molecule has 0 aliphatic carbocycles. The average molecular weight is 196 g/mol. The van der Waals surface area contributed by atoms with E-state index in [1.54, 1.807) is 19.1 Å². The van der Waals surface area contributed by atoms with Crippen molar-refractivity contribution in [3.63, 3.8) is 0 Å². The molecule has 0 aliphatic heterocycles. The second-order valence-corrected chi connectivity index (χ2v) is 3.02. The molecule has 0 saturated carbocycles. The molecule has 5 nitrogen and oxygen atoms in total. The lowest BCUT2D eigenvalue weighted by Crippen LogP contribution is -2.14. The van der Waals surface area contributed by atoms with Gasteiger partial charge in [0, 0.05) is 12.6 Å². The first kappa shape index (κ1) is 10.6. The number of nitrogens with zero attached hydrogens (tertiary/aromatic N) is 1. The van der Waals surface area contributed by atoms with Crippen LogP contribution < -0.4 is 5.73 Å². The summed E-state index contributed by atoms with van der Waals surface area (Å²) in [6.07, 6.45) is -0.975. The first-order valence-corrected chi connectivity index (χ1v) is 4.20. The Hall–Kier alpha value is -1.46. The van der Waals surface area contributed by atoms with E-state index in [4.69, 9.17) is 5.73 Å². The lowest BCUT2D eigenvalue weighted by molar-refractivity contribution is -0.386. The molecule has 1 atom stereocenters. The highest BCUT2D eigenvalue weighted by atomic mass is 16.6. The molecule has 0 heterocycles. The van der Waals surface area contributed by atoms with Crippen LogP contribution in [0, 0.1) is 17.0 Å². The largest absolute Gasteiger partial charge is 0.387 e. The SMILES string of the molecule is Cc1cccc([N+](=O)[O-])c1[C@H](O)CN. The second-order valence-electron chi connectivity index (χ2n) is 3.02. The summed E-state index contributed by atoms with van der Waals surface area (Å²) >= 11 is 0. The van der Waals surface area contributed by atoms with Crippen molar-refractivity contribution in [2.75, 3.05) is 6.54 Å². The Morgan fingerprint density at radius 3 is 2.79 bits per heavy atom. The van der Waals surface area contributed by atoms with Crippen molar-refractivity contribution in [2.45, 2.75) is 13.0 Å². The van der Waals surface area contributed by atoms with Crippen LogP contribution in [0.5, 0.6) is 0 Å². The molecule has 0 fully saturated rings. The molecule has 1 aromatic carbocycles. The lowest BCUT2D eigenvalue weighted by Gasteiger charge is -2.11. The Balaban J connectivity index is 3.29. The summed E-state index contributed by atoms with van der Waals surface area (Å²) in [6.45, 7) is 1.69. The summed E-state index contributed by atoms with van der Waals surface area (Å²) in [7, 11) is 0. The Kier molecular flexibility index (Phi) is 3.16. The number of hydrogen-bond acceptors (Lipinski definition) is 4. The van der Waals surface area contributed by atoms with Crippen LogP contribution in [-0.4, -0.2) is 16.6 Å². The highest BCUT2D eigenvalue weighted by Crippen LogP contribution is 2.27. The van der Waals surface area contributed by atoms with Crippen LogP contribution in [0.15, 0.2) is 18.2 Å². The predicted molar refractivity (Wildman–Crippen MR) is 51.8 cm³/mol. The number of aliphatic hydroxyl groups is 1. The van der Waals surface area contributed by atoms with Gasteiger partial charge in [0.2, 0.25) is 0 Å². The molecular weight excluding hydrogens is 184 g/mol. The van der Waals surface area contributed by atoms with Crippen molar-refractivity contribution in [3.8, 4) is 0 Å². The maximum atomic E-state index is 10.6. The van der Waals surface area contributed by atoms with Crippen molar-refractivity contribution in [3.05, 3.63) is 39.4 Å². The highest BCUT2D eigenvalue weighted by molar-refractivity contribution is 5.46. The van der Waals surface area contributed by atoms with Gasteiger partial charge in [-0.1, -0.05) is 12.1 Å². The van der Waals surface area contributed by atoms with Crippen molar-refractivity contribution in [2.24, 2.45) is 5.73 Å².